The third-order valence-corrected chi connectivity index (χ3v) is 8.69. The second-order valence-corrected chi connectivity index (χ2v) is 11.8. The van der Waals surface area contributed by atoms with E-state index in [9.17, 15) is 22.7 Å². The van der Waals surface area contributed by atoms with Crippen LogP contribution in [0.4, 0.5) is 4.79 Å². The van der Waals surface area contributed by atoms with Gasteiger partial charge in [0.05, 0.1) is 5.75 Å². The van der Waals surface area contributed by atoms with Gasteiger partial charge < -0.3 is 14.9 Å². The van der Waals surface area contributed by atoms with E-state index in [0.29, 0.717) is 5.56 Å². The van der Waals surface area contributed by atoms with Crippen molar-refractivity contribution in [2.45, 2.75) is 19.3 Å². The van der Waals surface area contributed by atoms with Crippen LogP contribution in [0, 0.1) is 6.92 Å². The molecule has 0 aliphatic carbocycles. The number of sulfonamides is 1. The summed E-state index contributed by atoms with van der Waals surface area (Å²) in [5, 5.41) is 2.52. The van der Waals surface area contributed by atoms with E-state index in [2.05, 4.69) is 10.0 Å². The second-order valence-electron chi connectivity index (χ2n) is 7.70. The summed E-state index contributed by atoms with van der Waals surface area (Å²) < 4.78 is 46.4. The summed E-state index contributed by atoms with van der Waals surface area (Å²) in [6.07, 6.45) is -0.758. The minimum absolute atomic E-state index is 0.0536. The molecule has 0 aromatic heterocycles. The Balaban J connectivity index is 1.66. The first kappa shape index (κ1) is 25.6. The number of benzene rings is 3. The molecule has 10 heteroatoms. The van der Waals surface area contributed by atoms with Crippen molar-refractivity contribution in [3.8, 4) is 0 Å². The number of nitrogens with one attached hydrogen (secondary N) is 2. The lowest BCUT2D eigenvalue weighted by Gasteiger charge is -2.25. The molecule has 3 aromatic carbocycles. The lowest BCUT2D eigenvalue weighted by atomic mass is 10.2. The summed E-state index contributed by atoms with van der Waals surface area (Å²) in [6, 6.07) is 23.7. The summed E-state index contributed by atoms with van der Waals surface area (Å²) in [5.74, 6) is -1.88. The lowest BCUT2D eigenvalue weighted by molar-refractivity contribution is 0.140. The Kier molecular flexibility index (Phi) is 8.63. The van der Waals surface area contributed by atoms with E-state index in [-0.39, 0.29) is 18.5 Å². The fraction of sp³-hybridized carbons (Fsp3) is 0.208. The molecule has 0 bridgehead atoms. The molecule has 0 radical (unpaired) electrons. The molecule has 180 valence electrons. The predicted molar refractivity (Wildman–Crippen MR) is 131 cm³/mol. The maximum absolute atomic E-state index is 13.4. The summed E-state index contributed by atoms with van der Waals surface area (Å²) >= 11 is 0. The number of hydrogen-bond donors (Lipinski definition) is 3. The van der Waals surface area contributed by atoms with E-state index < -0.39 is 35.0 Å². The quantitative estimate of drug-likeness (QED) is 0.365. The zero-order valence-electron chi connectivity index (χ0n) is 18.6. The van der Waals surface area contributed by atoms with Crippen LogP contribution in [0.2, 0.25) is 0 Å². The van der Waals surface area contributed by atoms with Crippen molar-refractivity contribution in [1.82, 2.24) is 10.0 Å². The number of carbonyl (C=O) groups is 1. The van der Waals surface area contributed by atoms with Crippen LogP contribution in [0.1, 0.15) is 22.5 Å². The fourth-order valence-corrected chi connectivity index (χ4v) is 6.64. The van der Waals surface area contributed by atoms with Gasteiger partial charge in [0, 0.05) is 11.8 Å². The maximum atomic E-state index is 13.4. The van der Waals surface area contributed by atoms with Crippen LogP contribution in [-0.2, 0) is 25.9 Å². The van der Waals surface area contributed by atoms with Gasteiger partial charge in [-0.2, -0.15) is 4.72 Å². The standard InChI is InChI=1S/C24H27N2O6PS/c1-19-12-14-22(15-13-19)33(28,29)23(21-10-6-3-7-11-21)26-34(30,31)17-16-25-24(27)32-18-20-8-4-2-5-9-20/h2-15,23,26H,16-18H2,1H3,(H,25,27)(H,28,29). The molecule has 1 amide bonds. The molecule has 8 nitrogen and oxygen atoms in total. The van der Waals surface area contributed by atoms with E-state index in [1.54, 1.807) is 54.6 Å². The Bertz CT molecular complexity index is 1240. The largest absolute Gasteiger partial charge is 0.445 e. The first-order valence-corrected chi connectivity index (χ1v) is 13.9. The van der Waals surface area contributed by atoms with Gasteiger partial charge >= 0.3 is 6.09 Å². The number of ether oxygens (including phenoxy) is 1. The van der Waals surface area contributed by atoms with Crippen LogP contribution < -0.4 is 15.3 Å². The molecule has 2 unspecified atom stereocenters. The summed E-state index contributed by atoms with van der Waals surface area (Å²) in [4.78, 5) is 22.9. The predicted octanol–water partition coefficient (Wildman–Crippen LogP) is 3.44. The molecule has 0 aliphatic heterocycles. The number of rotatable bonds is 10. The van der Waals surface area contributed by atoms with Crippen molar-refractivity contribution < 1.29 is 27.4 Å². The van der Waals surface area contributed by atoms with E-state index in [0.717, 1.165) is 11.1 Å². The Morgan fingerprint density at radius 1 is 0.971 bits per heavy atom. The smallest absolute Gasteiger partial charge is 0.407 e. The van der Waals surface area contributed by atoms with Crippen molar-refractivity contribution in [3.05, 3.63) is 102 Å². The average Bonchev–Trinajstić information content (AvgIpc) is 2.82. The Labute approximate surface area is 199 Å². The van der Waals surface area contributed by atoms with E-state index in [1.165, 1.54) is 12.1 Å². The summed E-state index contributed by atoms with van der Waals surface area (Å²) in [7, 11) is -8.23. The molecule has 0 saturated carbocycles. The van der Waals surface area contributed by atoms with Crippen LogP contribution in [-0.4, -0.2) is 31.7 Å². The first-order valence-electron chi connectivity index (χ1n) is 10.6. The molecule has 2 atom stereocenters. The molecule has 0 heterocycles. The number of carbonyl (C=O) groups excluding carboxylic acids is 1. The van der Waals surface area contributed by atoms with Crippen molar-refractivity contribution >= 4 is 28.8 Å². The highest BCUT2D eigenvalue weighted by Crippen LogP contribution is 2.53. The highest BCUT2D eigenvalue weighted by molar-refractivity contribution is 7.89. The van der Waals surface area contributed by atoms with Gasteiger partial charge in [0.15, 0.2) is 0 Å². The first-order chi connectivity index (χ1) is 16.2. The molecule has 0 spiro atoms. The number of amides is 1. The van der Waals surface area contributed by atoms with Crippen molar-refractivity contribution in [1.29, 1.82) is 0 Å². The molecule has 0 saturated heterocycles. The van der Waals surface area contributed by atoms with Gasteiger partial charge in [-0.25, -0.2) is 13.2 Å². The summed E-state index contributed by atoms with van der Waals surface area (Å²) in [5.41, 5.74) is 2.06. The maximum Gasteiger partial charge on any atom is 0.407 e. The van der Waals surface area contributed by atoms with Gasteiger partial charge in [0.25, 0.3) is 7.37 Å². The zero-order chi connectivity index (χ0) is 24.6. The van der Waals surface area contributed by atoms with E-state index in [1.807, 2.05) is 25.1 Å². The average molecular weight is 503 g/mol. The molecule has 0 fully saturated rings. The highest BCUT2D eigenvalue weighted by Gasteiger charge is 2.37. The van der Waals surface area contributed by atoms with Gasteiger partial charge in [-0.05, 0) is 30.2 Å². The molecule has 3 rings (SSSR count). The monoisotopic (exact) mass is 502 g/mol. The van der Waals surface area contributed by atoms with Crippen molar-refractivity contribution in [2.24, 2.45) is 0 Å². The van der Waals surface area contributed by atoms with Crippen LogP contribution in [0.3, 0.4) is 0 Å². The SMILES string of the molecule is Cc1ccc(P(=O)(O)C(NS(=O)(=O)CCNC(=O)OCc2ccccc2)c2ccccc2)cc1. The van der Waals surface area contributed by atoms with Gasteiger partial charge in [0.2, 0.25) is 10.0 Å². The molecule has 3 N–H and O–H groups in total. The Hall–Kier alpha value is -2.97. The molecular weight excluding hydrogens is 475 g/mol. The molecule has 0 aliphatic rings. The van der Waals surface area contributed by atoms with Crippen molar-refractivity contribution in [3.63, 3.8) is 0 Å². The van der Waals surface area contributed by atoms with Crippen LogP contribution in [0.25, 0.3) is 0 Å². The number of alkyl carbamates (subject to hydrolysis) is 1. The number of hydrogen-bond acceptors (Lipinski definition) is 5. The number of aryl methyl sites for hydroxylation is 1. The highest BCUT2D eigenvalue weighted by atomic mass is 32.2. The van der Waals surface area contributed by atoms with E-state index >= 15 is 0 Å². The minimum atomic E-state index is -4.19. The van der Waals surface area contributed by atoms with Crippen molar-refractivity contribution in [2.75, 3.05) is 12.3 Å². The Morgan fingerprint density at radius 3 is 2.18 bits per heavy atom. The Morgan fingerprint density at radius 2 is 1.56 bits per heavy atom. The van der Waals surface area contributed by atoms with E-state index in [4.69, 9.17) is 4.74 Å². The van der Waals surface area contributed by atoms with Crippen LogP contribution >= 0.6 is 7.37 Å². The molecule has 34 heavy (non-hydrogen) atoms. The van der Waals surface area contributed by atoms with Gasteiger partial charge in [-0.3, -0.25) is 4.57 Å². The minimum Gasteiger partial charge on any atom is -0.445 e. The van der Waals surface area contributed by atoms with Gasteiger partial charge in [-0.1, -0.05) is 78.4 Å². The third-order valence-electron chi connectivity index (χ3n) is 5.01. The topological polar surface area (TPSA) is 122 Å². The van der Waals surface area contributed by atoms with Gasteiger partial charge in [0.1, 0.15) is 12.4 Å². The summed E-state index contributed by atoms with van der Waals surface area (Å²) in [6.45, 7) is 1.67. The second kappa shape index (κ2) is 11.4. The molecule has 3 aromatic rings. The fourth-order valence-electron chi connectivity index (χ4n) is 3.17. The van der Waals surface area contributed by atoms with Crippen LogP contribution in [0.5, 0.6) is 0 Å². The third kappa shape index (κ3) is 7.27. The van der Waals surface area contributed by atoms with Gasteiger partial charge in [-0.15, -0.1) is 0 Å². The van der Waals surface area contributed by atoms with Crippen LogP contribution in [0.15, 0.2) is 84.9 Å². The molecular formula is C24H27N2O6PS. The zero-order valence-corrected chi connectivity index (χ0v) is 20.3. The normalized spacial score (nSPS) is 14.1. The lowest BCUT2D eigenvalue weighted by Crippen LogP contribution is -2.37.